The van der Waals surface area contributed by atoms with E-state index in [4.69, 9.17) is 0 Å². The fourth-order valence-electron chi connectivity index (χ4n) is 1.44. The van der Waals surface area contributed by atoms with Crippen molar-refractivity contribution >= 4 is 5.91 Å². The zero-order valence-electron chi connectivity index (χ0n) is 10.3. The van der Waals surface area contributed by atoms with Crippen LogP contribution in [0.15, 0.2) is 12.7 Å². The molecule has 2 nitrogen and oxygen atoms in total. The largest absolute Gasteiger partial charge is 0.343 e. The maximum absolute atomic E-state index is 11.8. The molecule has 0 heterocycles. The number of carbonyl (C=O) groups is 1. The molecule has 0 unspecified atom stereocenters. The molecule has 0 aromatic carbocycles. The van der Waals surface area contributed by atoms with Gasteiger partial charge in [-0.2, -0.15) is 0 Å². The van der Waals surface area contributed by atoms with Gasteiger partial charge in [0.2, 0.25) is 5.91 Å². The average Bonchev–Trinajstić information content (AvgIpc) is 2.26. The molecule has 0 radical (unpaired) electrons. The first-order valence-corrected chi connectivity index (χ1v) is 6.14. The summed E-state index contributed by atoms with van der Waals surface area (Å²) in [7, 11) is 0. The molecule has 0 saturated heterocycles. The third-order valence-electron chi connectivity index (χ3n) is 2.48. The number of amides is 1. The highest BCUT2D eigenvalue weighted by molar-refractivity contribution is 5.76. The lowest BCUT2D eigenvalue weighted by Gasteiger charge is -2.22. The highest BCUT2D eigenvalue weighted by Crippen LogP contribution is 2.04. The zero-order valence-corrected chi connectivity index (χ0v) is 10.3. The summed E-state index contributed by atoms with van der Waals surface area (Å²) >= 11 is 0. The highest BCUT2D eigenvalue weighted by atomic mass is 16.2. The average molecular weight is 211 g/mol. The third-order valence-corrected chi connectivity index (χ3v) is 2.48. The number of rotatable bonds is 9. The van der Waals surface area contributed by atoms with E-state index in [0.717, 1.165) is 45.2 Å². The molecular formula is C13H25NO. The van der Waals surface area contributed by atoms with Gasteiger partial charge in [0.1, 0.15) is 0 Å². The van der Waals surface area contributed by atoms with Crippen molar-refractivity contribution in [2.75, 3.05) is 13.1 Å². The molecule has 0 aromatic rings. The Morgan fingerprint density at radius 2 is 1.73 bits per heavy atom. The van der Waals surface area contributed by atoms with Crippen LogP contribution in [0.25, 0.3) is 0 Å². The Morgan fingerprint density at radius 1 is 1.20 bits per heavy atom. The predicted octanol–water partition coefficient (Wildman–Crippen LogP) is 3.38. The first kappa shape index (κ1) is 14.2. The highest BCUT2D eigenvalue weighted by Gasteiger charge is 2.10. The van der Waals surface area contributed by atoms with E-state index in [1.54, 1.807) is 0 Å². The van der Waals surface area contributed by atoms with Crippen LogP contribution in [0.2, 0.25) is 0 Å². The van der Waals surface area contributed by atoms with Crippen LogP contribution in [0.4, 0.5) is 0 Å². The van der Waals surface area contributed by atoms with E-state index < -0.39 is 0 Å². The standard InChI is InChI=1S/C13H25NO/c1-4-7-10-13(15)14(11-8-5-2)12-9-6-3/h4H,1,5-12H2,2-3H3. The number of hydrogen-bond donors (Lipinski definition) is 0. The molecular weight excluding hydrogens is 186 g/mol. The molecule has 0 rings (SSSR count). The molecule has 0 aliphatic carbocycles. The van der Waals surface area contributed by atoms with Gasteiger partial charge >= 0.3 is 0 Å². The van der Waals surface area contributed by atoms with E-state index in [9.17, 15) is 4.79 Å². The maximum atomic E-state index is 11.8. The molecule has 0 aliphatic rings. The van der Waals surface area contributed by atoms with Crippen molar-refractivity contribution in [3.63, 3.8) is 0 Å². The minimum Gasteiger partial charge on any atom is -0.343 e. The summed E-state index contributed by atoms with van der Waals surface area (Å²) in [5.74, 6) is 0.289. The monoisotopic (exact) mass is 211 g/mol. The van der Waals surface area contributed by atoms with Crippen LogP contribution < -0.4 is 0 Å². The second-order valence-electron chi connectivity index (χ2n) is 3.92. The minimum absolute atomic E-state index is 0.289. The topological polar surface area (TPSA) is 20.3 Å². The molecule has 0 bridgehead atoms. The molecule has 2 heteroatoms. The lowest BCUT2D eigenvalue weighted by atomic mass is 10.2. The van der Waals surface area contributed by atoms with E-state index in [0.29, 0.717) is 6.42 Å². The molecule has 0 aliphatic heterocycles. The molecule has 0 saturated carbocycles. The van der Waals surface area contributed by atoms with E-state index >= 15 is 0 Å². The molecule has 0 fully saturated rings. The summed E-state index contributed by atoms with van der Waals surface area (Å²) in [6.45, 7) is 9.81. The fourth-order valence-corrected chi connectivity index (χ4v) is 1.44. The van der Waals surface area contributed by atoms with Gasteiger partial charge in [0.05, 0.1) is 0 Å². The van der Waals surface area contributed by atoms with Crippen LogP contribution in [0.5, 0.6) is 0 Å². The summed E-state index contributed by atoms with van der Waals surface area (Å²) in [5, 5.41) is 0. The van der Waals surface area contributed by atoms with Crippen LogP contribution in [-0.4, -0.2) is 23.9 Å². The first-order chi connectivity index (χ1) is 7.26. The smallest absolute Gasteiger partial charge is 0.222 e. The number of hydrogen-bond acceptors (Lipinski definition) is 1. The lowest BCUT2D eigenvalue weighted by Crippen LogP contribution is -2.32. The van der Waals surface area contributed by atoms with Crippen LogP contribution in [-0.2, 0) is 4.79 Å². The van der Waals surface area contributed by atoms with E-state index in [1.807, 2.05) is 11.0 Å². The number of unbranched alkanes of at least 4 members (excludes halogenated alkanes) is 2. The number of allylic oxidation sites excluding steroid dienone is 1. The van der Waals surface area contributed by atoms with E-state index in [-0.39, 0.29) is 5.91 Å². The summed E-state index contributed by atoms with van der Waals surface area (Å²) in [5.41, 5.74) is 0. The minimum atomic E-state index is 0.289. The Bertz CT molecular complexity index is 169. The third kappa shape index (κ3) is 7.18. The van der Waals surface area contributed by atoms with Gasteiger partial charge < -0.3 is 4.90 Å². The molecule has 88 valence electrons. The summed E-state index contributed by atoms with van der Waals surface area (Å²) in [4.78, 5) is 13.8. The molecule has 0 aromatic heterocycles. The lowest BCUT2D eigenvalue weighted by molar-refractivity contribution is -0.131. The van der Waals surface area contributed by atoms with Crippen LogP contribution in [0.3, 0.4) is 0 Å². The quantitative estimate of drug-likeness (QED) is 0.535. The van der Waals surface area contributed by atoms with Crippen molar-refractivity contribution in [2.24, 2.45) is 0 Å². The Kier molecular flexibility index (Phi) is 9.24. The van der Waals surface area contributed by atoms with E-state index in [2.05, 4.69) is 20.4 Å². The van der Waals surface area contributed by atoms with Gasteiger partial charge in [-0.1, -0.05) is 32.8 Å². The predicted molar refractivity (Wildman–Crippen MR) is 65.8 cm³/mol. The van der Waals surface area contributed by atoms with Gasteiger partial charge in [-0.15, -0.1) is 6.58 Å². The van der Waals surface area contributed by atoms with Gasteiger partial charge in [-0.25, -0.2) is 0 Å². The molecule has 0 atom stereocenters. The Balaban J connectivity index is 3.95. The van der Waals surface area contributed by atoms with Gasteiger partial charge in [0, 0.05) is 19.5 Å². The fraction of sp³-hybridized carbons (Fsp3) is 0.769. The van der Waals surface area contributed by atoms with Gasteiger partial charge in [-0.3, -0.25) is 4.79 Å². The van der Waals surface area contributed by atoms with Crippen LogP contribution in [0, 0.1) is 0 Å². The SMILES string of the molecule is C=CCCC(=O)N(CCCC)CCCC. The van der Waals surface area contributed by atoms with Gasteiger partial charge in [0.15, 0.2) is 0 Å². The molecule has 15 heavy (non-hydrogen) atoms. The first-order valence-electron chi connectivity index (χ1n) is 6.14. The second-order valence-corrected chi connectivity index (χ2v) is 3.92. The van der Waals surface area contributed by atoms with Crippen molar-refractivity contribution in [2.45, 2.75) is 52.4 Å². The van der Waals surface area contributed by atoms with Crippen molar-refractivity contribution in [3.8, 4) is 0 Å². The Hall–Kier alpha value is -0.790. The molecule has 0 N–H and O–H groups in total. The van der Waals surface area contributed by atoms with Crippen molar-refractivity contribution in [1.82, 2.24) is 4.90 Å². The zero-order chi connectivity index (χ0) is 11.5. The normalized spacial score (nSPS) is 10.0. The van der Waals surface area contributed by atoms with Crippen LogP contribution in [0.1, 0.15) is 52.4 Å². The summed E-state index contributed by atoms with van der Waals surface area (Å²) < 4.78 is 0. The van der Waals surface area contributed by atoms with Crippen molar-refractivity contribution in [3.05, 3.63) is 12.7 Å². The summed E-state index contributed by atoms with van der Waals surface area (Å²) in [6.07, 6.45) is 7.77. The maximum Gasteiger partial charge on any atom is 0.222 e. The summed E-state index contributed by atoms with van der Waals surface area (Å²) in [6, 6.07) is 0. The molecule has 0 spiro atoms. The van der Waals surface area contributed by atoms with Gasteiger partial charge in [-0.05, 0) is 19.3 Å². The Morgan fingerprint density at radius 3 is 2.13 bits per heavy atom. The molecule has 1 amide bonds. The number of nitrogens with zero attached hydrogens (tertiary/aromatic N) is 1. The van der Waals surface area contributed by atoms with Crippen LogP contribution >= 0.6 is 0 Å². The van der Waals surface area contributed by atoms with Gasteiger partial charge in [0.25, 0.3) is 0 Å². The Labute approximate surface area is 94.4 Å². The van der Waals surface area contributed by atoms with E-state index in [1.165, 1.54) is 0 Å². The second kappa shape index (κ2) is 9.75. The number of carbonyl (C=O) groups excluding carboxylic acids is 1. The van der Waals surface area contributed by atoms with Crippen molar-refractivity contribution in [1.29, 1.82) is 0 Å². The van der Waals surface area contributed by atoms with Crippen molar-refractivity contribution < 1.29 is 4.79 Å².